The van der Waals surface area contributed by atoms with Crippen molar-refractivity contribution in [3.63, 3.8) is 0 Å². The van der Waals surface area contributed by atoms with E-state index in [1.807, 2.05) is 0 Å². The predicted molar refractivity (Wildman–Crippen MR) is 89.5 cm³/mol. The van der Waals surface area contributed by atoms with Crippen LogP contribution in [0.1, 0.15) is 16.8 Å². The largest absolute Gasteiger partial charge is 0.398 e. The molecule has 0 bridgehead atoms. The molecule has 1 aliphatic rings. The number of para-hydroxylation sites is 1. The Bertz CT molecular complexity index is 730. The first-order chi connectivity index (χ1) is 10.6. The summed E-state index contributed by atoms with van der Waals surface area (Å²) in [5, 5.41) is 6.81. The zero-order chi connectivity index (χ0) is 15.7. The van der Waals surface area contributed by atoms with Crippen molar-refractivity contribution in [3.8, 4) is 0 Å². The Morgan fingerprint density at radius 1 is 1.39 bits per heavy atom. The van der Waals surface area contributed by atoms with Gasteiger partial charge in [0.15, 0.2) is 0 Å². The van der Waals surface area contributed by atoms with Gasteiger partial charge in [0.2, 0.25) is 5.91 Å². The van der Waals surface area contributed by atoms with Crippen LogP contribution in [0.2, 0.25) is 0 Å². The first-order valence-corrected chi connectivity index (χ1v) is 7.01. The molecule has 3 rings (SSSR count). The van der Waals surface area contributed by atoms with Crippen molar-refractivity contribution in [2.45, 2.75) is 12.5 Å². The summed E-state index contributed by atoms with van der Waals surface area (Å²) >= 11 is 0. The third-order valence-corrected chi connectivity index (χ3v) is 3.72. The summed E-state index contributed by atoms with van der Waals surface area (Å²) in [6.07, 6.45) is 3.97. The molecule has 1 aliphatic heterocycles. The number of nitrogens with zero attached hydrogens (tertiary/aromatic N) is 3. The van der Waals surface area contributed by atoms with Crippen LogP contribution in [0.5, 0.6) is 0 Å². The Labute approximate surface area is 139 Å². The quantitative estimate of drug-likeness (QED) is 0.817. The van der Waals surface area contributed by atoms with Gasteiger partial charge in [-0.05, 0) is 18.6 Å². The van der Waals surface area contributed by atoms with Gasteiger partial charge in [-0.3, -0.25) is 14.3 Å². The molecule has 3 N–H and O–H groups in total. The van der Waals surface area contributed by atoms with Crippen molar-refractivity contribution in [3.05, 3.63) is 42.2 Å². The lowest BCUT2D eigenvalue weighted by molar-refractivity contribution is -0.118. The lowest BCUT2D eigenvalue weighted by atomic mass is 10.1. The third-order valence-electron chi connectivity index (χ3n) is 3.72. The molecule has 1 aromatic heterocycles. The average molecular weight is 336 g/mol. The van der Waals surface area contributed by atoms with Gasteiger partial charge in [0.1, 0.15) is 6.04 Å². The number of hydrogen-bond acceptors (Lipinski definition) is 4. The topological polar surface area (TPSA) is 93.2 Å². The smallest absolute Gasteiger partial charge is 0.254 e. The maximum atomic E-state index is 12.4. The van der Waals surface area contributed by atoms with Crippen LogP contribution in [-0.4, -0.2) is 34.2 Å². The van der Waals surface area contributed by atoms with Crippen LogP contribution in [-0.2, 0) is 11.8 Å². The second kappa shape index (κ2) is 6.70. The molecule has 0 aliphatic carbocycles. The number of nitrogen functional groups attached to an aromatic ring is 1. The Morgan fingerprint density at radius 2 is 2.13 bits per heavy atom. The number of hydrogen-bond donors (Lipinski definition) is 2. The third kappa shape index (κ3) is 3.29. The molecule has 7 nitrogen and oxygen atoms in total. The van der Waals surface area contributed by atoms with Crippen molar-refractivity contribution < 1.29 is 9.59 Å². The summed E-state index contributed by atoms with van der Waals surface area (Å²) in [5.41, 5.74) is 7.31. The van der Waals surface area contributed by atoms with E-state index in [-0.39, 0.29) is 24.2 Å². The maximum absolute atomic E-state index is 12.4. The molecular formula is C15H18ClN5O2. The van der Waals surface area contributed by atoms with Crippen molar-refractivity contribution in [2.24, 2.45) is 7.05 Å². The van der Waals surface area contributed by atoms with E-state index in [4.69, 9.17) is 5.73 Å². The summed E-state index contributed by atoms with van der Waals surface area (Å²) in [6.45, 7) is 0.555. The summed E-state index contributed by atoms with van der Waals surface area (Å²) in [5.74, 6) is -0.458. The number of rotatable bonds is 3. The minimum absolute atomic E-state index is 0. The van der Waals surface area contributed by atoms with Crippen LogP contribution in [0.3, 0.4) is 0 Å². The highest BCUT2D eigenvalue weighted by molar-refractivity contribution is 6.05. The van der Waals surface area contributed by atoms with E-state index in [1.165, 1.54) is 0 Å². The van der Waals surface area contributed by atoms with Gasteiger partial charge >= 0.3 is 0 Å². The fourth-order valence-electron chi connectivity index (χ4n) is 2.56. The molecule has 122 valence electrons. The predicted octanol–water partition coefficient (Wildman–Crippen LogP) is 0.959. The molecule has 2 amide bonds. The minimum Gasteiger partial charge on any atom is -0.398 e. The number of nitrogens with two attached hydrogens (primary N) is 1. The molecule has 0 saturated carbocycles. The van der Waals surface area contributed by atoms with Gasteiger partial charge in [-0.2, -0.15) is 5.10 Å². The van der Waals surface area contributed by atoms with Gasteiger partial charge in [0.25, 0.3) is 5.91 Å². The van der Waals surface area contributed by atoms with Gasteiger partial charge in [-0.15, -0.1) is 12.4 Å². The number of aryl methyl sites for hydroxylation is 1. The lowest BCUT2D eigenvalue weighted by Gasteiger charge is -2.15. The number of carbonyl (C=O) groups excluding carboxylic acids is 2. The second-order valence-electron chi connectivity index (χ2n) is 5.26. The zero-order valence-electron chi connectivity index (χ0n) is 12.6. The van der Waals surface area contributed by atoms with Crippen LogP contribution in [0.25, 0.3) is 0 Å². The Hall–Kier alpha value is -2.54. The zero-order valence-corrected chi connectivity index (χ0v) is 13.4. The molecule has 8 heteroatoms. The molecule has 23 heavy (non-hydrogen) atoms. The number of amides is 2. The minimum atomic E-state index is -0.535. The van der Waals surface area contributed by atoms with Gasteiger partial charge < -0.3 is 16.0 Å². The normalized spacial score (nSPS) is 17.0. The number of aromatic nitrogens is 2. The Kier molecular flexibility index (Phi) is 4.90. The number of anilines is 2. The van der Waals surface area contributed by atoms with Crippen molar-refractivity contribution in [1.29, 1.82) is 0 Å². The van der Waals surface area contributed by atoms with Crippen LogP contribution < -0.4 is 16.0 Å². The van der Waals surface area contributed by atoms with Crippen molar-refractivity contribution >= 4 is 35.6 Å². The van der Waals surface area contributed by atoms with E-state index >= 15 is 0 Å². The fraction of sp³-hybridized carbons (Fsp3) is 0.267. The summed E-state index contributed by atoms with van der Waals surface area (Å²) in [7, 11) is 1.79. The maximum Gasteiger partial charge on any atom is 0.254 e. The van der Waals surface area contributed by atoms with E-state index in [9.17, 15) is 9.59 Å². The lowest BCUT2D eigenvalue weighted by Crippen LogP contribution is -2.41. The average Bonchev–Trinajstić information content (AvgIpc) is 3.06. The van der Waals surface area contributed by atoms with E-state index in [0.29, 0.717) is 24.2 Å². The molecule has 1 saturated heterocycles. The number of benzene rings is 1. The first-order valence-electron chi connectivity index (χ1n) is 7.01. The number of carbonyl (C=O) groups is 2. The molecule has 1 atom stereocenters. The summed E-state index contributed by atoms with van der Waals surface area (Å²) < 4.78 is 1.64. The van der Waals surface area contributed by atoms with Gasteiger partial charge in [0.05, 0.1) is 17.4 Å². The highest BCUT2D eigenvalue weighted by Crippen LogP contribution is 2.21. The molecule has 2 heterocycles. The molecule has 1 unspecified atom stereocenters. The van der Waals surface area contributed by atoms with Crippen LogP contribution >= 0.6 is 12.4 Å². The van der Waals surface area contributed by atoms with E-state index < -0.39 is 6.04 Å². The van der Waals surface area contributed by atoms with Crippen molar-refractivity contribution in [1.82, 2.24) is 15.1 Å². The van der Waals surface area contributed by atoms with E-state index in [0.717, 1.165) is 5.69 Å². The molecule has 0 spiro atoms. The van der Waals surface area contributed by atoms with E-state index in [1.54, 1.807) is 53.3 Å². The van der Waals surface area contributed by atoms with Crippen LogP contribution in [0, 0.1) is 0 Å². The molecule has 2 aromatic rings. The first kappa shape index (κ1) is 16.8. The standard InChI is InChI=1S/C15H17N5O2.ClH/c1-19-9-10(8-17-19)20-7-6-13(15(20)22)18-14(21)11-4-2-3-5-12(11)16;/h2-5,8-9,13H,6-7,16H2,1H3,(H,18,21);1H. The molecule has 1 aromatic carbocycles. The van der Waals surface area contributed by atoms with Gasteiger partial charge in [0, 0.05) is 25.5 Å². The molecule has 1 fully saturated rings. The Morgan fingerprint density at radius 3 is 2.78 bits per heavy atom. The van der Waals surface area contributed by atoms with Crippen LogP contribution in [0.4, 0.5) is 11.4 Å². The molecule has 0 radical (unpaired) electrons. The highest BCUT2D eigenvalue weighted by Gasteiger charge is 2.34. The SMILES string of the molecule is Cl.Cn1cc(N2CCC(NC(=O)c3ccccc3N)C2=O)cn1. The fourth-order valence-corrected chi connectivity index (χ4v) is 2.56. The monoisotopic (exact) mass is 335 g/mol. The summed E-state index contributed by atoms with van der Waals surface area (Å²) in [6, 6.07) is 6.27. The molecular weight excluding hydrogens is 318 g/mol. The van der Waals surface area contributed by atoms with E-state index in [2.05, 4.69) is 10.4 Å². The highest BCUT2D eigenvalue weighted by atomic mass is 35.5. The van der Waals surface area contributed by atoms with Crippen molar-refractivity contribution in [2.75, 3.05) is 17.2 Å². The summed E-state index contributed by atoms with van der Waals surface area (Å²) in [4.78, 5) is 26.3. The Balaban J connectivity index is 0.00000192. The number of nitrogens with one attached hydrogen (secondary N) is 1. The second-order valence-corrected chi connectivity index (χ2v) is 5.26. The van der Waals surface area contributed by atoms with Gasteiger partial charge in [-0.25, -0.2) is 0 Å². The van der Waals surface area contributed by atoms with Crippen LogP contribution in [0.15, 0.2) is 36.7 Å². The number of halogens is 1. The van der Waals surface area contributed by atoms with Gasteiger partial charge in [-0.1, -0.05) is 12.1 Å².